The number of rotatable bonds is 9. The molecule has 106 valence electrons. The molecule has 0 aliphatic rings. The first kappa shape index (κ1) is 30.2. The van der Waals surface area contributed by atoms with E-state index in [-0.39, 0.29) is 49.6 Å². The Labute approximate surface area is 124 Å². The average Bonchev–Trinajstić information content (AvgIpc) is 2.10. The molecule has 0 fully saturated rings. The molecule has 0 rings (SSSR count). The van der Waals surface area contributed by atoms with Gasteiger partial charge in [-0.15, -0.1) is 49.6 Å². The number of halogens is 4. The van der Waals surface area contributed by atoms with E-state index in [9.17, 15) is 0 Å². The Kier molecular flexibility index (Phi) is 56.2. The van der Waals surface area contributed by atoms with Crippen LogP contribution in [0.4, 0.5) is 0 Å². The summed E-state index contributed by atoms with van der Waals surface area (Å²) in [5, 5.41) is 6.58. The molecule has 0 amide bonds. The summed E-state index contributed by atoms with van der Waals surface area (Å²) in [6.07, 6.45) is 2.12. The molecule has 0 aromatic carbocycles. The van der Waals surface area contributed by atoms with E-state index in [1.165, 1.54) is 0 Å². The molecule has 0 saturated heterocycles. The van der Waals surface area contributed by atoms with Crippen LogP contribution in [0, 0.1) is 0 Å². The third-order valence-corrected chi connectivity index (χ3v) is 1.59. The van der Waals surface area contributed by atoms with Gasteiger partial charge >= 0.3 is 0 Å². The second-order valence-corrected chi connectivity index (χ2v) is 2.78. The van der Waals surface area contributed by atoms with Gasteiger partial charge in [0.1, 0.15) is 0 Å². The van der Waals surface area contributed by atoms with Gasteiger partial charge in [0.05, 0.1) is 0 Å². The van der Waals surface area contributed by atoms with E-state index >= 15 is 0 Å². The summed E-state index contributed by atoms with van der Waals surface area (Å²) >= 11 is 0. The molecule has 0 unspecified atom stereocenters. The van der Waals surface area contributed by atoms with Crippen LogP contribution in [0.15, 0.2) is 0 Å². The maximum absolute atomic E-state index is 5.34. The van der Waals surface area contributed by atoms with Crippen molar-refractivity contribution in [3.8, 4) is 0 Å². The Bertz CT molecular complexity index is 80.4. The Hall–Kier alpha value is 1.000. The van der Waals surface area contributed by atoms with E-state index in [1.54, 1.807) is 0 Å². The standard InChI is InChI=1S/C8H22N4.4ClH/c9-3-1-5-11-7-8-12-6-2-4-10;;;;/h11-12H,1-10H2;4*1H. The zero-order valence-corrected chi connectivity index (χ0v) is 12.7. The van der Waals surface area contributed by atoms with Crippen molar-refractivity contribution in [3.63, 3.8) is 0 Å². The van der Waals surface area contributed by atoms with Crippen LogP contribution in [0.5, 0.6) is 0 Å². The molecule has 0 aliphatic heterocycles. The first-order valence-corrected chi connectivity index (χ1v) is 4.73. The fraction of sp³-hybridized carbons (Fsp3) is 1.00. The fourth-order valence-electron chi connectivity index (χ4n) is 0.881. The van der Waals surface area contributed by atoms with Crippen molar-refractivity contribution in [2.24, 2.45) is 11.5 Å². The van der Waals surface area contributed by atoms with Crippen LogP contribution in [-0.4, -0.2) is 39.3 Å². The molecular formula is C8H26Cl4N4. The van der Waals surface area contributed by atoms with E-state index in [0.29, 0.717) is 0 Å². The predicted octanol–water partition coefficient (Wildman–Crippen LogP) is 0.550. The summed E-state index contributed by atoms with van der Waals surface area (Å²) in [4.78, 5) is 0. The minimum absolute atomic E-state index is 0. The quantitative estimate of drug-likeness (QED) is 0.468. The molecule has 0 aromatic heterocycles. The summed E-state index contributed by atoms with van der Waals surface area (Å²) in [5.74, 6) is 0. The first-order chi connectivity index (χ1) is 5.91. The van der Waals surface area contributed by atoms with Gasteiger partial charge in [0, 0.05) is 13.1 Å². The van der Waals surface area contributed by atoms with Crippen LogP contribution in [0.3, 0.4) is 0 Å². The third kappa shape index (κ3) is 29.4. The van der Waals surface area contributed by atoms with E-state index in [4.69, 9.17) is 11.5 Å². The summed E-state index contributed by atoms with van der Waals surface area (Å²) in [6, 6.07) is 0. The van der Waals surface area contributed by atoms with Crippen LogP contribution < -0.4 is 22.1 Å². The van der Waals surface area contributed by atoms with Crippen molar-refractivity contribution in [3.05, 3.63) is 0 Å². The van der Waals surface area contributed by atoms with Gasteiger partial charge in [0.2, 0.25) is 0 Å². The van der Waals surface area contributed by atoms with Gasteiger partial charge in [-0.2, -0.15) is 0 Å². The van der Waals surface area contributed by atoms with Crippen molar-refractivity contribution in [1.29, 1.82) is 0 Å². The van der Waals surface area contributed by atoms with Gasteiger partial charge in [0.15, 0.2) is 0 Å². The van der Waals surface area contributed by atoms with Crippen molar-refractivity contribution in [2.45, 2.75) is 12.8 Å². The van der Waals surface area contributed by atoms with Crippen LogP contribution in [0.2, 0.25) is 0 Å². The summed E-state index contributed by atoms with van der Waals surface area (Å²) in [5.41, 5.74) is 10.7. The molecule has 8 heteroatoms. The van der Waals surface area contributed by atoms with Gasteiger partial charge in [-0.3, -0.25) is 0 Å². The van der Waals surface area contributed by atoms with E-state index in [2.05, 4.69) is 10.6 Å². The molecule has 16 heavy (non-hydrogen) atoms. The normalized spacial score (nSPS) is 7.88. The van der Waals surface area contributed by atoms with Crippen molar-refractivity contribution in [1.82, 2.24) is 10.6 Å². The topological polar surface area (TPSA) is 76.1 Å². The van der Waals surface area contributed by atoms with Crippen LogP contribution in [-0.2, 0) is 0 Å². The Morgan fingerprint density at radius 2 is 0.875 bits per heavy atom. The molecular weight excluding hydrogens is 294 g/mol. The molecule has 0 spiro atoms. The monoisotopic (exact) mass is 318 g/mol. The van der Waals surface area contributed by atoms with Crippen molar-refractivity contribution >= 4 is 49.6 Å². The summed E-state index contributed by atoms with van der Waals surface area (Å²) in [7, 11) is 0. The highest BCUT2D eigenvalue weighted by molar-refractivity contribution is 5.86. The van der Waals surface area contributed by atoms with Gasteiger partial charge in [-0.05, 0) is 39.0 Å². The second kappa shape index (κ2) is 29.8. The second-order valence-electron chi connectivity index (χ2n) is 2.78. The number of nitrogens with one attached hydrogen (secondary N) is 2. The lowest BCUT2D eigenvalue weighted by molar-refractivity contribution is 0.590. The Balaban J connectivity index is -0.000000101. The van der Waals surface area contributed by atoms with Gasteiger partial charge < -0.3 is 22.1 Å². The maximum atomic E-state index is 5.34. The van der Waals surface area contributed by atoms with Crippen molar-refractivity contribution < 1.29 is 0 Å². The van der Waals surface area contributed by atoms with E-state index < -0.39 is 0 Å². The average molecular weight is 320 g/mol. The predicted molar refractivity (Wildman–Crippen MR) is 82.1 cm³/mol. The number of hydrogen-bond acceptors (Lipinski definition) is 4. The lowest BCUT2D eigenvalue weighted by Crippen LogP contribution is -2.29. The first-order valence-electron chi connectivity index (χ1n) is 4.73. The van der Waals surface area contributed by atoms with Crippen LogP contribution in [0.25, 0.3) is 0 Å². The Morgan fingerprint density at radius 3 is 1.12 bits per heavy atom. The highest BCUT2D eigenvalue weighted by Crippen LogP contribution is 1.70. The number of hydrogen-bond donors (Lipinski definition) is 4. The number of nitrogens with two attached hydrogens (primary N) is 2. The fourth-order valence-corrected chi connectivity index (χ4v) is 0.881. The van der Waals surface area contributed by atoms with Crippen molar-refractivity contribution in [2.75, 3.05) is 39.3 Å². The maximum Gasteiger partial charge on any atom is 0.00767 e. The molecule has 4 nitrogen and oxygen atoms in total. The SMILES string of the molecule is Cl.Cl.Cl.Cl.NCCCNCCNCCCN. The Morgan fingerprint density at radius 1 is 0.562 bits per heavy atom. The third-order valence-electron chi connectivity index (χ3n) is 1.59. The molecule has 0 aliphatic carbocycles. The smallest absolute Gasteiger partial charge is 0.00767 e. The molecule has 0 heterocycles. The van der Waals surface area contributed by atoms with E-state index in [1.807, 2.05) is 0 Å². The zero-order valence-electron chi connectivity index (χ0n) is 9.44. The summed E-state index contributed by atoms with van der Waals surface area (Å²) in [6.45, 7) is 5.63. The molecule has 0 aromatic rings. The van der Waals surface area contributed by atoms with Crippen LogP contribution in [0.1, 0.15) is 12.8 Å². The lowest BCUT2D eigenvalue weighted by atomic mass is 10.4. The molecule has 0 saturated carbocycles. The van der Waals surface area contributed by atoms with Gasteiger partial charge in [0.25, 0.3) is 0 Å². The molecule has 0 radical (unpaired) electrons. The molecule has 0 atom stereocenters. The minimum Gasteiger partial charge on any atom is -0.330 e. The van der Waals surface area contributed by atoms with E-state index in [0.717, 1.165) is 52.1 Å². The van der Waals surface area contributed by atoms with Gasteiger partial charge in [-0.1, -0.05) is 0 Å². The zero-order chi connectivity index (χ0) is 9.07. The highest BCUT2D eigenvalue weighted by Gasteiger charge is 1.86. The molecule has 6 N–H and O–H groups in total. The largest absolute Gasteiger partial charge is 0.330 e. The van der Waals surface area contributed by atoms with Crippen LogP contribution >= 0.6 is 49.6 Å². The lowest BCUT2D eigenvalue weighted by Gasteiger charge is -2.04. The minimum atomic E-state index is 0. The van der Waals surface area contributed by atoms with Gasteiger partial charge in [-0.25, -0.2) is 0 Å². The summed E-state index contributed by atoms with van der Waals surface area (Å²) < 4.78 is 0. The molecule has 0 bridgehead atoms. The highest BCUT2D eigenvalue weighted by atomic mass is 35.5.